The summed E-state index contributed by atoms with van der Waals surface area (Å²) in [7, 11) is 4.16. The maximum Gasteiger partial charge on any atom is 0.335 e. The van der Waals surface area contributed by atoms with E-state index in [0.717, 1.165) is 51.5 Å². The Morgan fingerprint density at radius 1 is 0.509 bits per heavy atom. The minimum atomic E-state index is -0.489. The van der Waals surface area contributed by atoms with Crippen LogP contribution in [0.25, 0.3) is 33.4 Å². The first-order valence-corrected chi connectivity index (χ1v) is 17.4. The molecule has 1 aliphatic carbocycles. The molecule has 6 nitrogen and oxygen atoms in total. The van der Waals surface area contributed by atoms with E-state index in [0.29, 0.717) is 11.5 Å². The summed E-state index contributed by atoms with van der Waals surface area (Å²) in [5, 5.41) is 0. The first-order chi connectivity index (χ1) is 25.5. The Morgan fingerprint density at radius 2 is 0.849 bits per heavy atom. The Bertz CT molecular complexity index is 2230. The van der Waals surface area contributed by atoms with Crippen molar-refractivity contribution in [2.75, 3.05) is 23.9 Å². The molecule has 0 amide bonds. The molecule has 0 bridgehead atoms. The van der Waals surface area contributed by atoms with Gasteiger partial charge in [0.15, 0.2) is 0 Å². The van der Waals surface area contributed by atoms with Gasteiger partial charge in [-0.2, -0.15) is 0 Å². The highest BCUT2D eigenvalue weighted by Gasteiger charge is 2.36. The quantitative estimate of drug-likeness (QED) is 0.0807. The van der Waals surface area contributed by atoms with Crippen LogP contribution in [0.2, 0.25) is 0 Å². The number of benzene rings is 6. The third kappa shape index (κ3) is 6.87. The summed E-state index contributed by atoms with van der Waals surface area (Å²) in [6, 6.07) is 45.4. The van der Waals surface area contributed by atoms with Crippen molar-refractivity contribution in [3.63, 3.8) is 0 Å². The van der Waals surface area contributed by atoms with Crippen molar-refractivity contribution in [1.82, 2.24) is 0 Å². The van der Waals surface area contributed by atoms with E-state index in [1.165, 1.54) is 27.9 Å². The largest absolute Gasteiger partial charge is 0.423 e. The molecule has 0 unspecified atom stereocenters. The molecule has 0 saturated carbocycles. The second-order valence-electron chi connectivity index (χ2n) is 13.7. The molecule has 0 aromatic heterocycles. The van der Waals surface area contributed by atoms with Gasteiger partial charge < -0.3 is 19.3 Å². The van der Waals surface area contributed by atoms with Crippen molar-refractivity contribution in [2.24, 2.45) is 0 Å². The lowest BCUT2D eigenvalue weighted by molar-refractivity contribution is -0.129. The zero-order valence-corrected chi connectivity index (χ0v) is 30.3. The number of carbonyl (C=O) groups excluding carboxylic acids is 2. The normalized spacial score (nSPS) is 12.2. The zero-order chi connectivity index (χ0) is 37.3. The highest BCUT2D eigenvalue weighted by Crippen LogP contribution is 2.51. The van der Waals surface area contributed by atoms with E-state index in [1.807, 2.05) is 24.3 Å². The summed E-state index contributed by atoms with van der Waals surface area (Å²) in [6.45, 7) is 11.5. The molecule has 0 radical (unpaired) electrons. The molecule has 0 heterocycles. The van der Waals surface area contributed by atoms with Gasteiger partial charge in [0.25, 0.3) is 0 Å². The summed E-state index contributed by atoms with van der Waals surface area (Å²) >= 11 is 0. The molecule has 0 fully saturated rings. The fourth-order valence-corrected chi connectivity index (χ4v) is 6.93. The lowest BCUT2D eigenvalue weighted by Gasteiger charge is -2.28. The Balaban J connectivity index is 1.25. The van der Waals surface area contributed by atoms with Crippen LogP contribution in [-0.4, -0.2) is 26.0 Å². The van der Waals surface area contributed by atoms with Crippen LogP contribution in [0, 0.1) is 0 Å². The second kappa shape index (κ2) is 14.2. The lowest BCUT2D eigenvalue weighted by atomic mass is 9.82. The number of rotatable bonds is 10. The van der Waals surface area contributed by atoms with E-state index in [-0.39, 0.29) is 5.41 Å². The van der Waals surface area contributed by atoms with Crippen molar-refractivity contribution in [3.8, 4) is 44.9 Å². The third-order valence-electron chi connectivity index (χ3n) is 9.81. The van der Waals surface area contributed by atoms with Crippen LogP contribution < -0.4 is 19.3 Å². The average Bonchev–Trinajstić information content (AvgIpc) is 3.41. The maximum absolute atomic E-state index is 11.6. The van der Waals surface area contributed by atoms with Crippen molar-refractivity contribution in [1.29, 1.82) is 0 Å². The molecular weight excluding hydrogens is 657 g/mol. The number of hydrogen-bond acceptors (Lipinski definition) is 6. The van der Waals surface area contributed by atoms with Gasteiger partial charge in [-0.3, -0.25) is 0 Å². The number of fused-ring (bicyclic) bond motifs is 3. The smallest absolute Gasteiger partial charge is 0.335 e. The van der Waals surface area contributed by atoms with E-state index in [2.05, 4.69) is 136 Å². The molecule has 262 valence electrons. The van der Waals surface area contributed by atoms with Crippen LogP contribution in [0.5, 0.6) is 11.5 Å². The zero-order valence-electron chi connectivity index (χ0n) is 30.3. The molecule has 0 aliphatic heterocycles. The number of nitrogens with zero attached hydrogens (tertiary/aromatic N) is 2. The molecule has 6 heteroatoms. The van der Waals surface area contributed by atoms with Crippen LogP contribution in [0.15, 0.2) is 159 Å². The molecule has 1 aliphatic rings. The predicted octanol–water partition coefficient (Wildman–Crippen LogP) is 11.0. The summed E-state index contributed by atoms with van der Waals surface area (Å²) in [4.78, 5) is 27.7. The van der Waals surface area contributed by atoms with Crippen LogP contribution in [0.1, 0.15) is 25.0 Å². The van der Waals surface area contributed by atoms with Gasteiger partial charge in [0.2, 0.25) is 0 Å². The Morgan fingerprint density at radius 3 is 1.23 bits per heavy atom. The van der Waals surface area contributed by atoms with Crippen molar-refractivity contribution >= 4 is 34.7 Å². The Labute approximate surface area is 310 Å². The minimum Gasteiger partial charge on any atom is -0.423 e. The fraction of sp³-hybridized carbons (Fsp3) is 0.106. The van der Waals surface area contributed by atoms with Gasteiger partial charge in [-0.15, -0.1) is 0 Å². The van der Waals surface area contributed by atoms with Crippen LogP contribution >= 0.6 is 0 Å². The summed E-state index contributed by atoms with van der Waals surface area (Å²) < 4.78 is 10.5. The summed E-state index contributed by atoms with van der Waals surface area (Å²) in [6.07, 6.45) is 2.30. The van der Waals surface area contributed by atoms with Crippen LogP contribution in [0.4, 0.5) is 22.7 Å². The summed E-state index contributed by atoms with van der Waals surface area (Å²) in [5.74, 6) is -0.0400. The molecule has 0 saturated heterocycles. The van der Waals surface area contributed by atoms with Gasteiger partial charge in [-0.05, 0) is 117 Å². The van der Waals surface area contributed by atoms with Gasteiger partial charge >= 0.3 is 11.9 Å². The predicted molar refractivity (Wildman–Crippen MR) is 216 cm³/mol. The molecule has 7 rings (SSSR count). The van der Waals surface area contributed by atoms with E-state index in [9.17, 15) is 9.59 Å². The van der Waals surface area contributed by atoms with E-state index in [4.69, 9.17) is 9.47 Å². The van der Waals surface area contributed by atoms with E-state index < -0.39 is 11.9 Å². The molecule has 0 atom stereocenters. The second-order valence-corrected chi connectivity index (χ2v) is 13.7. The number of carbonyl (C=O) groups is 2. The molecule has 6 aromatic rings. The van der Waals surface area contributed by atoms with Crippen molar-refractivity contribution in [3.05, 3.63) is 170 Å². The van der Waals surface area contributed by atoms with Crippen LogP contribution in [0.3, 0.4) is 0 Å². The SMILES string of the molecule is C=CC(=O)Oc1ccc(-c2ccc(N(c3ccc(-c4ccc(OC(=O)C=C)cc4)cc3)c3ccc4c(c3)C(C)(C)c3cc(N(C)C)ccc3-4)cc2)cc1. The van der Waals surface area contributed by atoms with Crippen molar-refractivity contribution < 1.29 is 19.1 Å². The van der Waals surface area contributed by atoms with Gasteiger partial charge in [0, 0.05) is 54.4 Å². The fourth-order valence-electron chi connectivity index (χ4n) is 6.93. The number of hydrogen-bond donors (Lipinski definition) is 0. The summed E-state index contributed by atoms with van der Waals surface area (Å²) in [5.41, 5.74) is 13.3. The highest BCUT2D eigenvalue weighted by molar-refractivity contribution is 5.88. The highest BCUT2D eigenvalue weighted by atomic mass is 16.5. The number of ether oxygens (including phenoxy) is 2. The van der Waals surface area contributed by atoms with Gasteiger partial charge in [0.05, 0.1) is 0 Å². The molecular formula is C47H40N2O4. The number of anilines is 4. The first kappa shape index (κ1) is 34.8. The van der Waals surface area contributed by atoms with Crippen LogP contribution in [-0.2, 0) is 15.0 Å². The standard InChI is InChI=1S/C47H40N2O4/c1-7-45(50)52-39-23-13-33(14-24-39)31-9-17-35(18-10-31)49(36-19-11-32(12-20-36)34-15-25-40(26-16-34)53-46(51)8-2)38-22-28-42-41-27-21-37(48(5)6)29-43(41)47(3,4)44(42)30-38/h7-30H,1-2H2,3-6H3. The molecule has 0 spiro atoms. The monoisotopic (exact) mass is 696 g/mol. The molecule has 0 N–H and O–H groups in total. The minimum absolute atomic E-state index is 0.190. The first-order valence-electron chi connectivity index (χ1n) is 17.4. The maximum atomic E-state index is 11.6. The van der Waals surface area contributed by atoms with Gasteiger partial charge in [-0.1, -0.05) is 87.7 Å². The van der Waals surface area contributed by atoms with Gasteiger partial charge in [-0.25, -0.2) is 9.59 Å². The molecule has 6 aromatic carbocycles. The van der Waals surface area contributed by atoms with Crippen molar-refractivity contribution in [2.45, 2.75) is 19.3 Å². The van der Waals surface area contributed by atoms with E-state index in [1.54, 1.807) is 24.3 Å². The number of esters is 2. The third-order valence-corrected chi connectivity index (χ3v) is 9.81. The lowest BCUT2D eigenvalue weighted by Crippen LogP contribution is -2.17. The Kier molecular flexibility index (Phi) is 9.29. The topological polar surface area (TPSA) is 59.1 Å². The van der Waals surface area contributed by atoms with E-state index >= 15 is 0 Å². The average molecular weight is 697 g/mol. The molecule has 53 heavy (non-hydrogen) atoms. The Hall–Kier alpha value is -6.66. The van der Waals surface area contributed by atoms with Gasteiger partial charge in [0.1, 0.15) is 11.5 Å².